The molecule has 0 aliphatic heterocycles. The summed E-state index contributed by atoms with van der Waals surface area (Å²) in [5.41, 5.74) is 0.753. The summed E-state index contributed by atoms with van der Waals surface area (Å²) in [7, 11) is 0. The van der Waals surface area contributed by atoms with Gasteiger partial charge in [0.05, 0.1) is 5.02 Å². The van der Waals surface area contributed by atoms with Crippen LogP contribution in [0.15, 0.2) is 18.2 Å². The molecule has 3 N–H and O–H groups in total. The monoisotopic (exact) mass is 269 g/mol. The second kappa shape index (κ2) is 5.47. The number of aliphatic hydroxyl groups excluding tert-OH is 1. The van der Waals surface area contributed by atoms with Crippen LogP contribution in [0.1, 0.15) is 31.7 Å². The van der Waals surface area contributed by atoms with Crippen molar-refractivity contribution in [2.24, 2.45) is 5.41 Å². The smallest absolute Gasteiger partial charge is 0.138 e. The van der Waals surface area contributed by atoms with E-state index in [0.717, 1.165) is 24.8 Å². The van der Waals surface area contributed by atoms with Crippen LogP contribution in [0.3, 0.4) is 0 Å². The number of phenols is 1. The Balaban J connectivity index is 2.01. The average molecular weight is 270 g/mol. The largest absolute Gasteiger partial charge is 0.506 e. The topological polar surface area (TPSA) is 52.5 Å². The predicted molar refractivity (Wildman–Crippen MR) is 72.8 cm³/mol. The van der Waals surface area contributed by atoms with Crippen LogP contribution in [0, 0.1) is 5.41 Å². The van der Waals surface area contributed by atoms with Gasteiger partial charge in [0.15, 0.2) is 0 Å². The van der Waals surface area contributed by atoms with Crippen molar-refractivity contribution in [3.63, 3.8) is 0 Å². The summed E-state index contributed by atoms with van der Waals surface area (Å²) < 4.78 is 0. The van der Waals surface area contributed by atoms with Gasteiger partial charge in [0.1, 0.15) is 5.75 Å². The molecule has 3 nitrogen and oxygen atoms in total. The number of para-hydroxylation sites is 1. The fourth-order valence-corrected chi connectivity index (χ4v) is 2.90. The number of phenolic OH excluding ortho intramolecular Hbond substituents is 1. The number of nitrogens with one attached hydrogen (secondary N) is 1. The average Bonchev–Trinajstić information content (AvgIpc) is 2.73. The Morgan fingerprint density at radius 2 is 2.28 bits per heavy atom. The summed E-state index contributed by atoms with van der Waals surface area (Å²) in [6.45, 7) is 2.88. The summed E-state index contributed by atoms with van der Waals surface area (Å²) in [5.74, 6) is 0.148. The van der Waals surface area contributed by atoms with Crippen molar-refractivity contribution in [3.05, 3.63) is 28.8 Å². The molecule has 100 valence electrons. The molecule has 2 unspecified atom stereocenters. The lowest BCUT2D eigenvalue weighted by Crippen LogP contribution is -2.41. The van der Waals surface area contributed by atoms with Crippen molar-refractivity contribution in [2.45, 2.75) is 38.8 Å². The summed E-state index contributed by atoms with van der Waals surface area (Å²) in [6.07, 6.45) is 3.25. The maximum atomic E-state index is 9.84. The van der Waals surface area contributed by atoms with Crippen LogP contribution in [0.25, 0.3) is 0 Å². The SMILES string of the molecule is CC1(CO)CCCC1NCc1cccc(Cl)c1O. The van der Waals surface area contributed by atoms with Gasteiger partial charge in [-0.25, -0.2) is 0 Å². The van der Waals surface area contributed by atoms with Gasteiger partial charge in [0.25, 0.3) is 0 Å². The third-order valence-corrected chi connectivity index (χ3v) is 4.36. The third kappa shape index (κ3) is 2.63. The number of hydrogen-bond acceptors (Lipinski definition) is 3. The van der Waals surface area contributed by atoms with Crippen LogP contribution >= 0.6 is 11.6 Å². The van der Waals surface area contributed by atoms with Gasteiger partial charge in [-0.3, -0.25) is 0 Å². The molecule has 4 heteroatoms. The van der Waals surface area contributed by atoms with Crippen LogP contribution < -0.4 is 5.32 Å². The zero-order chi connectivity index (χ0) is 13.2. The molecule has 0 amide bonds. The highest BCUT2D eigenvalue weighted by Crippen LogP contribution is 2.37. The summed E-state index contributed by atoms with van der Waals surface area (Å²) >= 11 is 5.87. The van der Waals surface area contributed by atoms with Crippen LogP contribution in [0.4, 0.5) is 0 Å². The summed E-state index contributed by atoms with van der Waals surface area (Å²) in [4.78, 5) is 0. The van der Waals surface area contributed by atoms with Crippen LogP contribution in [0.5, 0.6) is 5.75 Å². The van der Waals surface area contributed by atoms with E-state index < -0.39 is 0 Å². The molecule has 2 atom stereocenters. The number of benzene rings is 1. The lowest BCUT2D eigenvalue weighted by atomic mass is 9.85. The van der Waals surface area contributed by atoms with Gasteiger partial charge in [-0.1, -0.05) is 37.1 Å². The first-order valence-corrected chi connectivity index (χ1v) is 6.75. The highest BCUT2D eigenvalue weighted by atomic mass is 35.5. The van der Waals surface area contributed by atoms with Crippen molar-refractivity contribution in [1.82, 2.24) is 5.32 Å². The molecule has 0 bridgehead atoms. The lowest BCUT2D eigenvalue weighted by Gasteiger charge is -2.30. The molecule has 1 aliphatic carbocycles. The van der Waals surface area contributed by atoms with Gasteiger partial charge in [-0.05, 0) is 18.9 Å². The minimum Gasteiger partial charge on any atom is -0.506 e. The van der Waals surface area contributed by atoms with E-state index >= 15 is 0 Å². The molecule has 0 aromatic heterocycles. The van der Waals surface area contributed by atoms with Crippen LogP contribution in [0.2, 0.25) is 5.02 Å². The van der Waals surface area contributed by atoms with Gasteiger partial charge in [0, 0.05) is 30.2 Å². The Bertz CT molecular complexity index is 424. The number of aromatic hydroxyl groups is 1. The molecule has 1 aromatic carbocycles. The van der Waals surface area contributed by atoms with Crippen molar-refractivity contribution in [1.29, 1.82) is 0 Å². The molecule has 0 heterocycles. The molecule has 1 aliphatic rings. The number of rotatable bonds is 4. The second-order valence-electron chi connectivity index (χ2n) is 5.39. The highest BCUT2D eigenvalue weighted by molar-refractivity contribution is 6.32. The first-order valence-electron chi connectivity index (χ1n) is 6.37. The van der Waals surface area contributed by atoms with Crippen molar-refractivity contribution >= 4 is 11.6 Å². The predicted octanol–water partition coefficient (Wildman–Crippen LogP) is 2.69. The maximum Gasteiger partial charge on any atom is 0.138 e. The molecule has 2 rings (SSSR count). The lowest BCUT2D eigenvalue weighted by molar-refractivity contribution is 0.118. The normalized spacial score (nSPS) is 27.6. The Morgan fingerprint density at radius 1 is 1.50 bits per heavy atom. The Hall–Kier alpha value is -0.770. The van der Waals surface area contributed by atoms with Crippen LogP contribution in [-0.4, -0.2) is 22.9 Å². The first-order chi connectivity index (χ1) is 8.57. The Kier molecular flexibility index (Phi) is 4.15. The quantitative estimate of drug-likeness (QED) is 0.788. The highest BCUT2D eigenvalue weighted by Gasteiger charge is 2.37. The van der Waals surface area contributed by atoms with E-state index in [1.807, 2.05) is 12.1 Å². The van der Waals surface area contributed by atoms with E-state index in [4.69, 9.17) is 11.6 Å². The number of hydrogen-bond donors (Lipinski definition) is 3. The molecule has 0 spiro atoms. The summed E-state index contributed by atoms with van der Waals surface area (Å²) in [5, 5.41) is 23.1. The fourth-order valence-electron chi connectivity index (χ4n) is 2.71. The van der Waals surface area contributed by atoms with E-state index in [1.54, 1.807) is 6.07 Å². The minimum atomic E-state index is -0.0474. The molecule has 0 radical (unpaired) electrons. The molecule has 1 fully saturated rings. The number of halogens is 1. The van der Waals surface area contributed by atoms with E-state index in [-0.39, 0.29) is 17.8 Å². The molecule has 1 aromatic rings. The first kappa shape index (κ1) is 13.7. The maximum absolute atomic E-state index is 9.84. The van der Waals surface area contributed by atoms with E-state index in [0.29, 0.717) is 17.6 Å². The third-order valence-electron chi connectivity index (χ3n) is 4.05. The molecular formula is C14H20ClNO2. The molecule has 0 saturated heterocycles. The Labute approximate surface area is 113 Å². The number of aliphatic hydroxyl groups is 1. The molecule has 1 saturated carbocycles. The summed E-state index contributed by atoms with van der Waals surface area (Å²) in [6, 6.07) is 5.66. The van der Waals surface area contributed by atoms with E-state index in [2.05, 4.69) is 12.2 Å². The van der Waals surface area contributed by atoms with Gasteiger partial charge < -0.3 is 15.5 Å². The van der Waals surface area contributed by atoms with Crippen LogP contribution in [-0.2, 0) is 6.54 Å². The fraction of sp³-hybridized carbons (Fsp3) is 0.571. The zero-order valence-corrected chi connectivity index (χ0v) is 11.4. The van der Waals surface area contributed by atoms with Gasteiger partial charge in [-0.15, -0.1) is 0 Å². The van der Waals surface area contributed by atoms with Crippen molar-refractivity contribution in [2.75, 3.05) is 6.61 Å². The van der Waals surface area contributed by atoms with E-state index in [1.165, 1.54) is 0 Å². The van der Waals surface area contributed by atoms with Gasteiger partial charge in [-0.2, -0.15) is 0 Å². The van der Waals surface area contributed by atoms with Gasteiger partial charge >= 0.3 is 0 Å². The Morgan fingerprint density at radius 3 is 3.00 bits per heavy atom. The second-order valence-corrected chi connectivity index (χ2v) is 5.79. The standard InChI is InChI=1S/C14H20ClNO2/c1-14(9-17)7-3-6-12(14)16-8-10-4-2-5-11(15)13(10)18/h2,4-5,12,16-18H,3,6-9H2,1H3. The zero-order valence-electron chi connectivity index (χ0n) is 10.6. The molecule has 18 heavy (non-hydrogen) atoms. The van der Waals surface area contributed by atoms with E-state index in [9.17, 15) is 10.2 Å². The minimum absolute atomic E-state index is 0.0474. The van der Waals surface area contributed by atoms with Crippen molar-refractivity contribution < 1.29 is 10.2 Å². The van der Waals surface area contributed by atoms with Crippen molar-refractivity contribution in [3.8, 4) is 5.75 Å². The molecular weight excluding hydrogens is 250 g/mol. The van der Waals surface area contributed by atoms with Gasteiger partial charge in [0.2, 0.25) is 0 Å².